The number of piperidine rings is 1. The van der Waals surface area contributed by atoms with E-state index in [4.69, 9.17) is 0 Å². The quantitative estimate of drug-likeness (QED) is 0.873. The number of carbonyl (C=O) groups excluding carboxylic acids is 1. The van der Waals surface area contributed by atoms with Crippen LogP contribution in [0.1, 0.15) is 42.1 Å². The lowest BCUT2D eigenvalue weighted by Crippen LogP contribution is -2.40. The number of pyridine rings is 1. The Labute approximate surface area is 138 Å². The monoisotopic (exact) mass is 328 g/mol. The zero-order chi connectivity index (χ0) is 16.5. The predicted octanol–water partition coefficient (Wildman–Crippen LogP) is 1.02. The zero-order valence-corrected chi connectivity index (χ0v) is 13.3. The zero-order valence-electron chi connectivity index (χ0n) is 13.3. The molecule has 2 aromatic heterocycles. The third-order valence-corrected chi connectivity index (χ3v) is 4.66. The fourth-order valence-corrected chi connectivity index (χ4v) is 3.09. The fourth-order valence-electron chi connectivity index (χ4n) is 3.09. The third-order valence-electron chi connectivity index (χ3n) is 4.66. The summed E-state index contributed by atoms with van der Waals surface area (Å²) in [6, 6.07) is 4.34. The van der Waals surface area contributed by atoms with Gasteiger partial charge in [-0.2, -0.15) is 5.10 Å². The molecule has 1 aliphatic heterocycles. The molecule has 2 aliphatic rings. The first kappa shape index (κ1) is 14.9. The fraction of sp³-hybridized carbons (Fsp3) is 0.500. The minimum atomic E-state index is -0.192. The van der Waals surface area contributed by atoms with Crippen LogP contribution < -0.4 is 11.0 Å². The first-order chi connectivity index (χ1) is 11.7. The lowest BCUT2D eigenvalue weighted by Gasteiger charge is -2.32. The Bertz CT molecular complexity index is 768. The van der Waals surface area contributed by atoms with E-state index in [1.54, 1.807) is 10.8 Å². The van der Waals surface area contributed by atoms with E-state index in [-0.39, 0.29) is 17.6 Å². The Morgan fingerprint density at radius 2 is 2.00 bits per heavy atom. The number of amides is 1. The van der Waals surface area contributed by atoms with Crippen molar-refractivity contribution in [2.45, 2.75) is 37.8 Å². The Balaban J connectivity index is 1.37. The average molecular weight is 328 g/mol. The van der Waals surface area contributed by atoms with Crippen molar-refractivity contribution in [1.82, 2.24) is 24.6 Å². The average Bonchev–Trinajstić information content (AvgIpc) is 3.33. The number of nitrogens with one attached hydrogen (secondary N) is 2. The molecule has 2 fully saturated rings. The van der Waals surface area contributed by atoms with Crippen molar-refractivity contribution in [3.8, 4) is 0 Å². The number of carbonyl (C=O) groups is 1. The molecule has 1 aliphatic carbocycles. The first-order valence-corrected chi connectivity index (χ1v) is 8.34. The molecule has 126 valence electrons. The van der Waals surface area contributed by atoms with Crippen LogP contribution in [0.25, 0.3) is 0 Å². The predicted molar refractivity (Wildman–Crippen MR) is 87.9 cm³/mol. The van der Waals surface area contributed by atoms with Gasteiger partial charge in [0.2, 0.25) is 0 Å². The molecular formula is C16H20N6O2. The van der Waals surface area contributed by atoms with Gasteiger partial charge in [0, 0.05) is 31.4 Å². The van der Waals surface area contributed by atoms with Gasteiger partial charge in [0.05, 0.1) is 5.56 Å². The number of H-pyrrole nitrogens is 1. The molecule has 1 saturated heterocycles. The maximum atomic E-state index is 12.6. The molecule has 8 heteroatoms. The van der Waals surface area contributed by atoms with Crippen LogP contribution in [-0.4, -0.2) is 49.7 Å². The molecule has 2 aromatic rings. The number of nitrogens with zero attached hydrogens (tertiary/aromatic N) is 4. The molecule has 2 N–H and O–H groups in total. The third kappa shape index (κ3) is 3.04. The molecule has 3 heterocycles. The van der Waals surface area contributed by atoms with Crippen LogP contribution in [0.4, 0.5) is 5.82 Å². The van der Waals surface area contributed by atoms with Crippen LogP contribution in [0, 0.1) is 0 Å². The van der Waals surface area contributed by atoms with Crippen LogP contribution >= 0.6 is 0 Å². The normalized spacial score (nSPS) is 18.6. The van der Waals surface area contributed by atoms with Gasteiger partial charge < -0.3 is 10.2 Å². The SMILES string of the molecule is O=C(c1ccc(NC2CC2)nc1)N1CCC(n2cn[nH]c2=O)CC1. The molecule has 1 saturated carbocycles. The van der Waals surface area contributed by atoms with E-state index in [0.29, 0.717) is 24.7 Å². The largest absolute Gasteiger partial charge is 0.367 e. The molecule has 0 radical (unpaired) electrons. The second-order valence-electron chi connectivity index (χ2n) is 6.44. The highest BCUT2D eigenvalue weighted by Gasteiger charge is 2.26. The number of hydrogen-bond acceptors (Lipinski definition) is 5. The van der Waals surface area contributed by atoms with Crippen molar-refractivity contribution in [3.05, 3.63) is 40.7 Å². The number of aromatic amines is 1. The number of aromatic nitrogens is 4. The maximum absolute atomic E-state index is 12.6. The summed E-state index contributed by atoms with van der Waals surface area (Å²) in [6.07, 6.45) is 7.05. The van der Waals surface area contributed by atoms with Gasteiger partial charge in [0.1, 0.15) is 12.1 Å². The second kappa shape index (κ2) is 6.10. The Morgan fingerprint density at radius 3 is 2.58 bits per heavy atom. The Kier molecular flexibility index (Phi) is 3.79. The summed E-state index contributed by atoms with van der Waals surface area (Å²) >= 11 is 0. The molecule has 0 unspecified atom stereocenters. The van der Waals surface area contributed by atoms with Gasteiger partial charge in [-0.05, 0) is 37.8 Å². The van der Waals surface area contributed by atoms with E-state index in [1.807, 2.05) is 17.0 Å². The maximum Gasteiger partial charge on any atom is 0.343 e. The summed E-state index contributed by atoms with van der Waals surface area (Å²) in [7, 11) is 0. The van der Waals surface area contributed by atoms with Crippen molar-refractivity contribution in [1.29, 1.82) is 0 Å². The lowest BCUT2D eigenvalue weighted by molar-refractivity contribution is 0.0693. The smallest absolute Gasteiger partial charge is 0.343 e. The van der Waals surface area contributed by atoms with Crippen molar-refractivity contribution in [2.24, 2.45) is 0 Å². The van der Waals surface area contributed by atoms with Crippen molar-refractivity contribution in [3.63, 3.8) is 0 Å². The van der Waals surface area contributed by atoms with E-state index >= 15 is 0 Å². The van der Waals surface area contributed by atoms with Gasteiger partial charge in [-0.1, -0.05) is 0 Å². The van der Waals surface area contributed by atoms with Crippen molar-refractivity contribution in [2.75, 3.05) is 18.4 Å². The summed E-state index contributed by atoms with van der Waals surface area (Å²) in [5, 5.41) is 9.48. The first-order valence-electron chi connectivity index (χ1n) is 8.34. The van der Waals surface area contributed by atoms with Gasteiger partial charge in [0.15, 0.2) is 0 Å². The van der Waals surface area contributed by atoms with Crippen LogP contribution in [0.5, 0.6) is 0 Å². The van der Waals surface area contributed by atoms with E-state index in [0.717, 1.165) is 18.7 Å². The van der Waals surface area contributed by atoms with Gasteiger partial charge in [-0.3, -0.25) is 9.36 Å². The number of anilines is 1. The van der Waals surface area contributed by atoms with Gasteiger partial charge in [0.25, 0.3) is 5.91 Å². The summed E-state index contributed by atoms with van der Waals surface area (Å²) in [6.45, 7) is 1.26. The van der Waals surface area contributed by atoms with E-state index in [1.165, 1.54) is 19.2 Å². The van der Waals surface area contributed by atoms with Crippen molar-refractivity contribution >= 4 is 11.7 Å². The van der Waals surface area contributed by atoms with E-state index in [2.05, 4.69) is 20.5 Å². The molecule has 0 aromatic carbocycles. The summed E-state index contributed by atoms with van der Waals surface area (Å²) in [4.78, 5) is 30.4. The minimum absolute atomic E-state index is 0.00142. The lowest BCUT2D eigenvalue weighted by atomic mass is 10.0. The minimum Gasteiger partial charge on any atom is -0.367 e. The number of likely N-dealkylation sites (tertiary alicyclic amines) is 1. The van der Waals surface area contributed by atoms with Gasteiger partial charge >= 0.3 is 5.69 Å². The highest BCUT2D eigenvalue weighted by molar-refractivity contribution is 5.94. The highest BCUT2D eigenvalue weighted by atomic mass is 16.2. The molecule has 24 heavy (non-hydrogen) atoms. The second-order valence-corrected chi connectivity index (χ2v) is 6.44. The van der Waals surface area contributed by atoms with Crippen LogP contribution in [0.2, 0.25) is 0 Å². The molecular weight excluding hydrogens is 308 g/mol. The summed E-state index contributed by atoms with van der Waals surface area (Å²) in [5.74, 6) is 0.825. The molecule has 0 spiro atoms. The van der Waals surface area contributed by atoms with Crippen molar-refractivity contribution < 1.29 is 4.79 Å². The van der Waals surface area contributed by atoms with Crippen LogP contribution in [0.15, 0.2) is 29.5 Å². The molecule has 8 nitrogen and oxygen atoms in total. The number of rotatable bonds is 4. The Morgan fingerprint density at radius 1 is 1.21 bits per heavy atom. The van der Waals surface area contributed by atoms with E-state index in [9.17, 15) is 9.59 Å². The Hall–Kier alpha value is -2.64. The number of hydrogen-bond donors (Lipinski definition) is 2. The summed E-state index contributed by atoms with van der Waals surface area (Å²) in [5.41, 5.74) is 0.415. The van der Waals surface area contributed by atoms with Gasteiger partial charge in [-0.25, -0.2) is 14.9 Å². The topological polar surface area (TPSA) is 95.9 Å². The molecule has 4 rings (SSSR count). The molecule has 0 atom stereocenters. The highest BCUT2D eigenvalue weighted by Crippen LogP contribution is 2.24. The molecule has 0 bridgehead atoms. The van der Waals surface area contributed by atoms with E-state index < -0.39 is 0 Å². The molecule has 1 amide bonds. The standard InChI is InChI=1S/C16H20N6O2/c23-15(11-1-4-14(17-9-11)19-12-2-3-12)21-7-5-13(6-8-21)22-10-18-20-16(22)24/h1,4,9-10,12-13H,2-3,5-8H2,(H,17,19)(H,20,24). The van der Waals surface area contributed by atoms with Gasteiger partial charge in [-0.15, -0.1) is 0 Å². The van der Waals surface area contributed by atoms with Crippen LogP contribution in [-0.2, 0) is 0 Å². The van der Waals surface area contributed by atoms with Crippen LogP contribution in [0.3, 0.4) is 0 Å². The summed E-state index contributed by atoms with van der Waals surface area (Å²) < 4.78 is 1.61.